The zero-order chi connectivity index (χ0) is 14.1. The van der Waals surface area contributed by atoms with Gasteiger partial charge in [-0.1, -0.05) is 51.8 Å². The molecule has 0 fully saturated rings. The van der Waals surface area contributed by atoms with E-state index in [0.29, 0.717) is 12.3 Å². The van der Waals surface area contributed by atoms with Gasteiger partial charge in [-0.25, -0.2) is 0 Å². The Morgan fingerprint density at radius 2 is 1.74 bits per heavy atom. The Morgan fingerprint density at radius 3 is 2.26 bits per heavy atom. The second-order valence-corrected chi connectivity index (χ2v) is 4.76. The van der Waals surface area contributed by atoms with Gasteiger partial charge in [0.2, 0.25) is 0 Å². The lowest BCUT2D eigenvalue weighted by atomic mass is 10.0. The van der Waals surface area contributed by atoms with Crippen molar-refractivity contribution in [2.24, 2.45) is 5.92 Å². The van der Waals surface area contributed by atoms with Crippen LogP contribution in [0.3, 0.4) is 0 Å². The highest BCUT2D eigenvalue weighted by molar-refractivity contribution is 5.81. The molecular formula is C16H25NO2. The lowest BCUT2D eigenvalue weighted by Gasteiger charge is -2.19. The summed E-state index contributed by atoms with van der Waals surface area (Å²) in [5.74, 6) is 1.28. The molecule has 1 atom stereocenters. The predicted molar refractivity (Wildman–Crippen MR) is 78.2 cm³/mol. The Morgan fingerprint density at radius 1 is 1.11 bits per heavy atom. The van der Waals surface area contributed by atoms with E-state index in [0.717, 1.165) is 25.1 Å². The van der Waals surface area contributed by atoms with Crippen molar-refractivity contribution in [3.05, 3.63) is 30.3 Å². The van der Waals surface area contributed by atoms with Gasteiger partial charge in [-0.15, -0.1) is 0 Å². The molecule has 0 aromatic heterocycles. The SMILES string of the molecule is CCC(CC)CNC(=O)C(CC)Oc1ccccc1. The van der Waals surface area contributed by atoms with Gasteiger partial charge >= 0.3 is 0 Å². The van der Waals surface area contributed by atoms with Crippen molar-refractivity contribution in [3.63, 3.8) is 0 Å². The molecule has 0 spiro atoms. The zero-order valence-electron chi connectivity index (χ0n) is 12.2. The van der Waals surface area contributed by atoms with Crippen LogP contribution in [0.15, 0.2) is 30.3 Å². The summed E-state index contributed by atoms with van der Waals surface area (Å²) in [6.07, 6.45) is 2.45. The van der Waals surface area contributed by atoms with E-state index in [-0.39, 0.29) is 5.91 Å². The lowest BCUT2D eigenvalue weighted by Crippen LogP contribution is -2.40. The van der Waals surface area contributed by atoms with Gasteiger partial charge in [0, 0.05) is 6.54 Å². The Balaban J connectivity index is 2.48. The molecule has 19 heavy (non-hydrogen) atoms. The van der Waals surface area contributed by atoms with E-state index < -0.39 is 6.10 Å². The van der Waals surface area contributed by atoms with E-state index in [2.05, 4.69) is 19.2 Å². The van der Waals surface area contributed by atoms with Crippen molar-refractivity contribution in [2.75, 3.05) is 6.54 Å². The number of carbonyl (C=O) groups excluding carboxylic acids is 1. The highest BCUT2D eigenvalue weighted by Crippen LogP contribution is 2.13. The number of para-hydroxylation sites is 1. The van der Waals surface area contributed by atoms with E-state index in [4.69, 9.17) is 4.74 Å². The summed E-state index contributed by atoms with van der Waals surface area (Å²) in [6.45, 7) is 7.00. The molecule has 0 saturated heterocycles. The zero-order valence-corrected chi connectivity index (χ0v) is 12.2. The van der Waals surface area contributed by atoms with Crippen LogP contribution in [0, 0.1) is 5.92 Å². The van der Waals surface area contributed by atoms with Crippen LogP contribution < -0.4 is 10.1 Å². The van der Waals surface area contributed by atoms with Crippen molar-refractivity contribution in [2.45, 2.75) is 46.1 Å². The minimum Gasteiger partial charge on any atom is -0.481 e. The van der Waals surface area contributed by atoms with Gasteiger partial charge < -0.3 is 10.1 Å². The summed E-state index contributed by atoms with van der Waals surface area (Å²) in [5.41, 5.74) is 0. The number of nitrogens with one attached hydrogen (secondary N) is 1. The first-order chi connectivity index (χ1) is 9.21. The van der Waals surface area contributed by atoms with Crippen LogP contribution in [-0.4, -0.2) is 18.6 Å². The Labute approximate surface area is 116 Å². The van der Waals surface area contributed by atoms with Gasteiger partial charge in [0.25, 0.3) is 5.91 Å². The smallest absolute Gasteiger partial charge is 0.261 e. The summed E-state index contributed by atoms with van der Waals surface area (Å²) < 4.78 is 5.71. The van der Waals surface area contributed by atoms with Crippen molar-refractivity contribution in [3.8, 4) is 5.75 Å². The normalized spacial score (nSPS) is 12.2. The fourth-order valence-corrected chi connectivity index (χ4v) is 1.92. The van der Waals surface area contributed by atoms with Gasteiger partial charge in [-0.05, 0) is 24.5 Å². The van der Waals surface area contributed by atoms with Crippen LogP contribution in [0.5, 0.6) is 5.75 Å². The first-order valence-corrected chi connectivity index (χ1v) is 7.20. The quantitative estimate of drug-likeness (QED) is 0.780. The Bertz CT molecular complexity index is 360. The van der Waals surface area contributed by atoms with Gasteiger partial charge in [0.05, 0.1) is 0 Å². The van der Waals surface area contributed by atoms with Gasteiger partial charge in [0.15, 0.2) is 6.10 Å². The van der Waals surface area contributed by atoms with Crippen molar-refractivity contribution < 1.29 is 9.53 Å². The Hall–Kier alpha value is -1.51. The summed E-state index contributed by atoms with van der Waals surface area (Å²) >= 11 is 0. The van der Waals surface area contributed by atoms with Crippen molar-refractivity contribution in [1.29, 1.82) is 0 Å². The van der Waals surface area contributed by atoms with Gasteiger partial charge in [-0.3, -0.25) is 4.79 Å². The van der Waals surface area contributed by atoms with Crippen LogP contribution in [0.4, 0.5) is 0 Å². The number of amides is 1. The van der Waals surface area contributed by atoms with E-state index in [1.807, 2.05) is 37.3 Å². The molecule has 0 bridgehead atoms. The Kier molecular flexibility index (Phi) is 7.01. The topological polar surface area (TPSA) is 38.3 Å². The maximum absolute atomic E-state index is 12.1. The molecule has 1 aromatic rings. The third-order valence-electron chi connectivity index (χ3n) is 3.40. The molecule has 106 valence electrons. The highest BCUT2D eigenvalue weighted by Gasteiger charge is 2.18. The molecule has 1 aromatic carbocycles. The molecule has 0 radical (unpaired) electrons. The number of ether oxygens (including phenoxy) is 1. The maximum Gasteiger partial charge on any atom is 0.261 e. The van der Waals surface area contributed by atoms with Crippen LogP contribution in [-0.2, 0) is 4.79 Å². The minimum atomic E-state index is -0.406. The third-order valence-corrected chi connectivity index (χ3v) is 3.40. The van der Waals surface area contributed by atoms with Gasteiger partial charge in [0.1, 0.15) is 5.75 Å². The van der Waals surface area contributed by atoms with Crippen LogP contribution in [0.25, 0.3) is 0 Å². The van der Waals surface area contributed by atoms with E-state index in [9.17, 15) is 4.79 Å². The monoisotopic (exact) mass is 263 g/mol. The van der Waals surface area contributed by atoms with Crippen LogP contribution in [0.2, 0.25) is 0 Å². The van der Waals surface area contributed by atoms with Crippen LogP contribution >= 0.6 is 0 Å². The van der Waals surface area contributed by atoms with Crippen molar-refractivity contribution in [1.82, 2.24) is 5.32 Å². The molecule has 3 nitrogen and oxygen atoms in total. The summed E-state index contributed by atoms with van der Waals surface area (Å²) in [5, 5.41) is 2.99. The molecular weight excluding hydrogens is 238 g/mol. The molecule has 1 amide bonds. The molecule has 0 aliphatic rings. The molecule has 1 rings (SSSR count). The first kappa shape index (κ1) is 15.5. The lowest BCUT2D eigenvalue weighted by molar-refractivity contribution is -0.128. The summed E-state index contributed by atoms with van der Waals surface area (Å²) in [4.78, 5) is 12.1. The summed E-state index contributed by atoms with van der Waals surface area (Å²) in [7, 11) is 0. The van der Waals surface area contributed by atoms with Gasteiger partial charge in [-0.2, -0.15) is 0 Å². The molecule has 1 N–H and O–H groups in total. The number of hydrogen-bond acceptors (Lipinski definition) is 2. The molecule has 1 unspecified atom stereocenters. The predicted octanol–water partition coefficient (Wildman–Crippen LogP) is 3.40. The number of hydrogen-bond donors (Lipinski definition) is 1. The fourth-order valence-electron chi connectivity index (χ4n) is 1.92. The maximum atomic E-state index is 12.1. The number of rotatable bonds is 8. The second kappa shape index (κ2) is 8.57. The number of benzene rings is 1. The largest absolute Gasteiger partial charge is 0.481 e. The average Bonchev–Trinajstić information content (AvgIpc) is 2.46. The fraction of sp³-hybridized carbons (Fsp3) is 0.562. The number of carbonyl (C=O) groups is 1. The third kappa shape index (κ3) is 5.33. The van der Waals surface area contributed by atoms with E-state index in [1.54, 1.807) is 0 Å². The molecule has 3 heteroatoms. The van der Waals surface area contributed by atoms with Crippen LogP contribution in [0.1, 0.15) is 40.0 Å². The standard InChI is InChI=1S/C16H25NO2/c1-4-13(5-2)12-17-16(18)15(6-3)19-14-10-8-7-9-11-14/h7-11,13,15H,4-6,12H2,1-3H3,(H,17,18). The van der Waals surface area contributed by atoms with E-state index >= 15 is 0 Å². The second-order valence-electron chi connectivity index (χ2n) is 4.76. The molecule has 0 heterocycles. The van der Waals surface area contributed by atoms with E-state index in [1.165, 1.54) is 0 Å². The summed E-state index contributed by atoms with van der Waals surface area (Å²) in [6, 6.07) is 9.49. The molecule has 0 aliphatic carbocycles. The molecule has 0 aliphatic heterocycles. The first-order valence-electron chi connectivity index (χ1n) is 7.20. The van der Waals surface area contributed by atoms with Crippen molar-refractivity contribution >= 4 is 5.91 Å². The molecule has 0 saturated carbocycles. The minimum absolute atomic E-state index is 0.0155. The highest BCUT2D eigenvalue weighted by atomic mass is 16.5. The average molecular weight is 263 g/mol.